The molecule has 0 aliphatic carbocycles. The fraction of sp³-hybridized carbons (Fsp3) is 0.167. The maximum Gasteiger partial charge on any atom is 0.255 e. The van der Waals surface area contributed by atoms with Crippen LogP contribution in [0.15, 0.2) is 85.2 Å². The van der Waals surface area contributed by atoms with Gasteiger partial charge >= 0.3 is 0 Å². The Hall–Kier alpha value is -4.49. The Kier molecular flexibility index (Phi) is 6.96. The summed E-state index contributed by atoms with van der Waals surface area (Å²) in [6.07, 6.45) is 4.32. The first kappa shape index (κ1) is 24.2. The van der Waals surface area contributed by atoms with Crippen LogP contribution in [0.5, 0.6) is 0 Å². The van der Waals surface area contributed by atoms with Crippen LogP contribution in [-0.4, -0.2) is 35.3 Å². The maximum atomic E-state index is 12.9. The number of nitrogen functional groups attached to an aromatic ring is 1. The molecule has 3 aromatic carbocycles. The largest absolute Gasteiger partial charge is 0.397 e. The predicted molar refractivity (Wildman–Crippen MR) is 146 cm³/mol. The van der Waals surface area contributed by atoms with E-state index in [4.69, 9.17) is 5.73 Å². The molecule has 0 saturated heterocycles. The van der Waals surface area contributed by atoms with Gasteiger partial charge in [-0.2, -0.15) is 0 Å². The maximum absolute atomic E-state index is 12.9. The Labute approximate surface area is 216 Å². The van der Waals surface area contributed by atoms with Crippen molar-refractivity contribution in [3.05, 3.63) is 113 Å². The van der Waals surface area contributed by atoms with Crippen molar-refractivity contribution in [2.75, 3.05) is 24.6 Å². The third-order valence-electron chi connectivity index (χ3n) is 6.53. The second-order valence-electron chi connectivity index (χ2n) is 9.40. The Balaban J connectivity index is 1.23. The van der Waals surface area contributed by atoms with E-state index in [-0.39, 0.29) is 11.8 Å². The fourth-order valence-corrected chi connectivity index (χ4v) is 4.54. The zero-order valence-electron chi connectivity index (χ0n) is 20.7. The summed E-state index contributed by atoms with van der Waals surface area (Å²) in [6.45, 7) is 2.23. The lowest BCUT2D eigenvalue weighted by atomic mass is 9.99. The number of carbonyl (C=O) groups excluding carboxylic acids is 2. The standard InChI is InChI=1S/C30H29N5O2/c1-35-11-10-21-8-9-28(15-26(21)19-35)34-30(37)23-6-2-4-20(12-23)16-33-29(36)24-7-3-5-22(13-24)25-14-27(31)18-32-17-25/h2-9,12-15,17-18H,10-11,16,19,31H2,1H3,(H,33,36)(H,34,37). The molecule has 1 aromatic heterocycles. The van der Waals surface area contributed by atoms with E-state index in [9.17, 15) is 9.59 Å². The summed E-state index contributed by atoms with van der Waals surface area (Å²) in [4.78, 5) is 32.2. The van der Waals surface area contributed by atoms with Gasteiger partial charge in [0.25, 0.3) is 11.8 Å². The summed E-state index contributed by atoms with van der Waals surface area (Å²) in [7, 11) is 2.10. The number of aromatic nitrogens is 1. The van der Waals surface area contributed by atoms with Crippen molar-refractivity contribution >= 4 is 23.2 Å². The molecule has 1 aliphatic heterocycles. The molecule has 7 nitrogen and oxygen atoms in total. The molecule has 4 aromatic rings. The Morgan fingerprint density at radius 2 is 1.70 bits per heavy atom. The van der Waals surface area contributed by atoms with Gasteiger partial charge in [0.05, 0.1) is 5.69 Å². The molecule has 5 rings (SSSR count). The minimum Gasteiger partial charge on any atom is -0.397 e. The first-order chi connectivity index (χ1) is 17.9. The summed E-state index contributed by atoms with van der Waals surface area (Å²) in [5.41, 5.74) is 13.4. The number of likely N-dealkylation sites (N-methyl/N-ethyl adjacent to an activating group) is 1. The zero-order valence-corrected chi connectivity index (χ0v) is 20.7. The Morgan fingerprint density at radius 3 is 2.54 bits per heavy atom. The van der Waals surface area contributed by atoms with Crippen LogP contribution in [0.2, 0.25) is 0 Å². The number of fused-ring (bicyclic) bond motifs is 1. The van der Waals surface area contributed by atoms with Gasteiger partial charge in [0.1, 0.15) is 0 Å². The van der Waals surface area contributed by atoms with Gasteiger partial charge in [0.15, 0.2) is 0 Å². The molecule has 0 atom stereocenters. The number of hydrogen-bond acceptors (Lipinski definition) is 5. The highest BCUT2D eigenvalue weighted by Gasteiger charge is 2.15. The average molecular weight is 492 g/mol. The molecular formula is C30H29N5O2. The molecule has 0 saturated carbocycles. The fourth-order valence-electron chi connectivity index (χ4n) is 4.54. The first-order valence-electron chi connectivity index (χ1n) is 12.2. The van der Waals surface area contributed by atoms with Crippen molar-refractivity contribution in [2.45, 2.75) is 19.5 Å². The number of nitrogens with two attached hydrogens (primary N) is 1. The molecule has 37 heavy (non-hydrogen) atoms. The van der Waals surface area contributed by atoms with Gasteiger partial charge in [-0.15, -0.1) is 0 Å². The molecule has 0 unspecified atom stereocenters. The van der Waals surface area contributed by atoms with Crippen LogP contribution in [0.25, 0.3) is 11.1 Å². The van der Waals surface area contributed by atoms with Crippen LogP contribution < -0.4 is 16.4 Å². The molecule has 0 radical (unpaired) electrons. The number of pyridine rings is 1. The predicted octanol–water partition coefficient (Wildman–Crippen LogP) is 4.50. The van der Waals surface area contributed by atoms with Crippen LogP contribution in [0.4, 0.5) is 11.4 Å². The monoisotopic (exact) mass is 491 g/mol. The van der Waals surface area contributed by atoms with E-state index < -0.39 is 0 Å². The first-order valence-corrected chi connectivity index (χ1v) is 12.2. The van der Waals surface area contributed by atoms with Crippen molar-refractivity contribution in [3.8, 4) is 11.1 Å². The van der Waals surface area contributed by atoms with E-state index in [1.54, 1.807) is 30.6 Å². The molecule has 7 heteroatoms. The van der Waals surface area contributed by atoms with Gasteiger partial charge in [-0.25, -0.2) is 0 Å². The highest BCUT2D eigenvalue weighted by molar-refractivity contribution is 6.04. The summed E-state index contributed by atoms with van der Waals surface area (Å²) < 4.78 is 0. The number of nitrogens with one attached hydrogen (secondary N) is 2. The normalized spacial score (nSPS) is 13.0. The van der Waals surface area contributed by atoms with E-state index >= 15 is 0 Å². The van der Waals surface area contributed by atoms with Crippen molar-refractivity contribution in [3.63, 3.8) is 0 Å². The molecule has 1 aliphatic rings. The van der Waals surface area contributed by atoms with Crippen LogP contribution in [0.1, 0.15) is 37.4 Å². The van der Waals surface area contributed by atoms with Crippen molar-refractivity contribution in [1.29, 1.82) is 0 Å². The Morgan fingerprint density at radius 1 is 0.892 bits per heavy atom. The number of hydrogen-bond donors (Lipinski definition) is 3. The minimum atomic E-state index is -0.201. The van der Waals surface area contributed by atoms with Crippen LogP contribution >= 0.6 is 0 Å². The van der Waals surface area contributed by atoms with Gasteiger partial charge in [0, 0.05) is 54.4 Å². The third kappa shape index (κ3) is 5.85. The van der Waals surface area contributed by atoms with E-state index in [1.165, 1.54) is 11.1 Å². The summed E-state index contributed by atoms with van der Waals surface area (Å²) in [5.74, 6) is -0.381. The number of carbonyl (C=O) groups is 2. The molecule has 2 amide bonds. The highest BCUT2D eigenvalue weighted by atomic mass is 16.2. The SMILES string of the molecule is CN1CCc2ccc(NC(=O)c3cccc(CNC(=O)c4cccc(-c5cncc(N)c5)c4)c3)cc2C1. The van der Waals surface area contributed by atoms with Gasteiger partial charge in [-0.1, -0.05) is 30.3 Å². The lowest BCUT2D eigenvalue weighted by molar-refractivity contribution is 0.0950. The highest BCUT2D eigenvalue weighted by Crippen LogP contribution is 2.23. The summed E-state index contributed by atoms with van der Waals surface area (Å²) in [6, 6.07) is 22.5. The van der Waals surface area contributed by atoms with Gasteiger partial charge < -0.3 is 21.3 Å². The molecule has 0 bridgehead atoms. The molecular weight excluding hydrogens is 462 g/mol. The van der Waals surface area contributed by atoms with Crippen molar-refractivity contribution in [2.24, 2.45) is 0 Å². The van der Waals surface area contributed by atoms with Gasteiger partial charge in [0.2, 0.25) is 0 Å². The number of benzene rings is 3. The second-order valence-corrected chi connectivity index (χ2v) is 9.40. The van der Waals surface area contributed by atoms with Crippen LogP contribution in [-0.2, 0) is 19.5 Å². The second kappa shape index (κ2) is 10.6. The topological polar surface area (TPSA) is 100 Å². The van der Waals surface area contributed by atoms with Crippen LogP contribution in [0, 0.1) is 0 Å². The minimum absolute atomic E-state index is 0.180. The number of amides is 2. The van der Waals surface area contributed by atoms with Crippen molar-refractivity contribution in [1.82, 2.24) is 15.2 Å². The molecule has 0 fully saturated rings. The Bertz CT molecular complexity index is 1470. The van der Waals surface area contributed by atoms with E-state index in [0.717, 1.165) is 41.9 Å². The molecule has 186 valence electrons. The smallest absolute Gasteiger partial charge is 0.255 e. The summed E-state index contributed by atoms with van der Waals surface area (Å²) >= 11 is 0. The molecule has 2 heterocycles. The van der Waals surface area contributed by atoms with E-state index in [2.05, 4.69) is 39.7 Å². The molecule has 0 spiro atoms. The third-order valence-corrected chi connectivity index (χ3v) is 6.53. The number of anilines is 2. The zero-order chi connectivity index (χ0) is 25.8. The lowest BCUT2D eigenvalue weighted by Crippen LogP contribution is -2.26. The number of rotatable bonds is 6. The van der Waals surface area contributed by atoms with E-state index in [1.807, 2.05) is 42.5 Å². The van der Waals surface area contributed by atoms with Crippen LogP contribution in [0.3, 0.4) is 0 Å². The van der Waals surface area contributed by atoms with Crippen molar-refractivity contribution < 1.29 is 9.59 Å². The average Bonchev–Trinajstić information content (AvgIpc) is 2.91. The molecule has 4 N–H and O–H groups in total. The van der Waals surface area contributed by atoms with E-state index in [0.29, 0.717) is 23.4 Å². The summed E-state index contributed by atoms with van der Waals surface area (Å²) in [5, 5.41) is 5.95. The quantitative estimate of drug-likeness (QED) is 0.369. The lowest BCUT2D eigenvalue weighted by Gasteiger charge is -2.25. The van der Waals surface area contributed by atoms with Gasteiger partial charge in [-0.3, -0.25) is 14.6 Å². The van der Waals surface area contributed by atoms with Gasteiger partial charge in [-0.05, 0) is 78.2 Å². The number of nitrogens with zero attached hydrogens (tertiary/aromatic N) is 2.